The van der Waals surface area contributed by atoms with Gasteiger partial charge in [-0.2, -0.15) is 0 Å². The summed E-state index contributed by atoms with van der Waals surface area (Å²) in [5.41, 5.74) is 10.3. The average Bonchev–Trinajstić information content (AvgIpc) is 2.31. The summed E-state index contributed by atoms with van der Waals surface area (Å²) in [6, 6.07) is -2.39. The van der Waals surface area contributed by atoms with Crippen LogP contribution < -0.4 is 16.8 Å². The van der Waals surface area contributed by atoms with Crippen molar-refractivity contribution in [3.8, 4) is 0 Å². The first-order chi connectivity index (χ1) is 8.33. The highest BCUT2D eigenvalue weighted by Gasteiger charge is 2.32. The van der Waals surface area contributed by atoms with Crippen LogP contribution in [0, 0.1) is 5.92 Å². The Morgan fingerprint density at radius 3 is 2.28 bits per heavy atom. The van der Waals surface area contributed by atoms with E-state index in [1.807, 2.05) is 0 Å². The maximum absolute atomic E-state index is 11.8. The first kappa shape index (κ1) is 16.2. The van der Waals surface area contributed by atoms with E-state index >= 15 is 0 Å². The number of primary amides is 1. The number of amides is 2. The number of ketones is 1. The number of nitrogens with two attached hydrogens (primary N) is 2. The topological polar surface area (TPSA) is 153 Å². The molecule has 0 heterocycles. The number of hydrogen-bond acceptors (Lipinski definition) is 6. The first-order valence-corrected chi connectivity index (χ1v) is 5.17. The van der Waals surface area contributed by atoms with Gasteiger partial charge in [-0.05, 0) is 6.42 Å². The van der Waals surface area contributed by atoms with E-state index in [1.165, 1.54) is 6.29 Å². The average molecular weight is 258 g/mol. The van der Waals surface area contributed by atoms with Crippen LogP contribution in [0.5, 0.6) is 0 Å². The van der Waals surface area contributed by atoms with Crippen LogP contribution in [0.15, 0.2) is 0 Å². The summed E-state index contributed by atoms with van der Waals surface area (Å²) < 4.78 is 0. The molecule has 6 N–H and O–H groups in total. The minimum atomic E-state index is -1.36. The largest absolute Gasteiger partial charge is 0.394 e. The summed E-state index contributed by atoms with van der Waals surface area (Å²) in [6.07, 6.45) is 1.11. The standard InChI is InChI=1S/C10H16N3O5/c1-5(16)13-8(4-15)9(17)7(10(12)18)2-6(11)3-14/h6-8,15H,2,4,11H2,1H3,(H2,12,18)(H,13,16)/t6-,7?,8-/m0/s1. The number of carbonyl (C=O) groups is 3. The van der Waals surface area contributed by atoms with Crippen molar-refractivity contribution < 1.29 is 24.3 Å². The zero-order chi connectivity index (χ0) is 14.3. The van der Waals surface area contributed by atoms with Gasteiger partial charge in [-0.25, -0.2) is 0 Å². The van der Waals surface area contributed by atoms with Crippen molar-refractivity contribution in [2.24, 2.45) is 17.4 Å². The highest BCUT2D eigenvalue weighted by atomic mass is 16.3. The molecule has 0 fully saturated rings. The molecule has 0 aromatic heterocycles. The molecule has 0 spiro atoms. The van der Waals surface area contributed by atoms with E-state index in [9.17, 15) is 19.2 Å². The van der Waals surface area contributed by atoms with E-state index in [2.05, 4.69) is 5.32 Å². The zero-order valence-electron chi connectivity index (χ0n) is 9.88. The smallest absolute Gasteiger partial charge is 0.228 e. The van der Waals surface area contributed by atoms with Gasteiger partial charge >= 0.3 is 0 Å². The number of hydrogen-bond donors (Lipinski definition) is 4. The van der Waals surface area contributed by atoms with Gasteiger partial charge in [0.25, 0.3) is 0 Å². The van der Waals surface area contributed by atoms with Crippen molar-refractivity contribution in [2.45, 2.75) is 25.4 Å². The maximum atomic E-state index is 11.8. The number of Topliss-reactive ketones (excluding diaryl/α,β-unsaturated/α-hetero) is 1. The summed E-state index contributed by atoms with van der Waals surface area (Å²) in [6.45, 7) is 0.475. The van der Waals surface area contributed by atoms with E-state index < -0.39 is 42.2 Å². The summed E-state index contributed by atoms with van der Waals surface area (Å²) >= 11 is 0. The van der Waals surface area contributed by atoms with E-state index in [4.69, 9.17) is 16.6 Å². The van der Waals surface area contributed by atoms with Gasteiger partial charge < -0.3 is 21.9 Å². The Morgan fingerprint density at radius 2 is 1.94 bits per heavy atom. The minimum absolute atomic E-state index is 0.312. The monoisotopic (exact) mass is 258 g/mol. The highest BCUT2D eigenvalue weighted by Crippen LogP contribution is 2.09. The van der Waals surface area contributed by atoms with Crippen molar-refractivity contribution in [1.29, 1.82) is 0 Å². The lowest BCUT2D eigenvalue weighted by Gasteiger charge is -2.20. The molecule has 0 rings (SSSR count). The van der Waals surface area contributed by atoms with Crippen LogP contribution in [0.25, 0.3) is 0 Å². The summed E-state index contributed by atoms with van der Waals surface area (Å²) in [7, 11) is 0. The second-order valence-corrected chi connectivity index (χ2v) is 3.75. The number of carbonyl (C=O) groups excluding carboxylic acids is 4. The molecule has 1 radical (unpaired) electrons. The van der Waals surface area contributed by atoms with Crippen molar-refractivity contribution in [2.75, 3.05) is 6.61 Å². The van der Waals surface area contributed by atoms with Crippen molar-refractivity contribution in [3.63, 3.8) is 0 Å². The van der Waals surface area contributed by atoms with Crippen molar-refractivity contribution in [3.05, 3.63) is 0 Å². The van der Waals surface area contributed by atoms with Crippen LogP contribution in [0.2, 0.25) is 0 Å². The lowest BCUT2D eigenvalue weighted by molar-refractivity contribution is -0.136. The van der Waals surface area contributed by atoms with Crippen LogP contribution >= 0.6 is 0 Å². The zero-order valence-corrected chi connectivity index (χ0v) is 9.88. The van der Waals surface area contributed by atoms with Crippen molar-refractivity contribution in [1.82, 2.24) is 5.32 Å². The molecule has 2 amide bonds. The predicted molar refractivity (Wildman–Crippen MR) is 60.7 cm³/mol. The second-order valence-electron chi connectivity index (χ2n) is 3.75. The molecule has 3 atom stereocenters. The Balaban J connectivity index is 4.87. The molecule has 0 saturated heterocycles. The van der Waals surface area contributed by atoms with Gasteiger partial charge in [-0.15, -0.1) is 0 Å². The minimum Gasteiger partial charge on any atom is -0.394 e. The Labute approximate surface area is 104 Å². The highest BCUT2D eigenvalue weighted by molar-refractivity contribution is 6.04. The molecule has 8 nitrogen and oxygen atoms in total. The predicted octanol–water partition coefficient (Wildman–Crippen LogP) is -3.02. The third kappa shape index (κ3) is 5.02. The number of aliphatic hydroxyl groups is 1. The molecule has 0 bridgehead atoms. The lowest BCUT2D eigenvalue weighted by Crippen LogP contribution is -2.49. The molecule has 18 heavy (non-hydrogen) atoms. The van der Waals surface area contributed by atoms with E-state index in [0.717, 1.165) is 6.92 Å². The summed E-state index contributed by atoms with van der Waals surface area (Å²) in [5.74, 6) is -3.66. The van der Waals surface area contributed by atoms with Crippen LogP contribution in [-0.4, -0.2) is 47.7 Å². The first-order valence-electron chi connectivity index (χ1n) is 5.17. The quantitative estimate of drug-likeness (QED) is 0.340. The third-order valence-electron chi connectivity index (χ3n) is 2.23. The molecule has 101 valence electrons. The molecule has 8 heteroatoms. The molecule has 0 aromatic carbocycles. The van der Waals surface area contributed by atoms with Crippen LogP contribution in [0.3, 0.4) is 0 Å². The molecular formula is C10H16N3O5. The van der Waals surface area contributed by atoms with Gasteiger partial charge in [0.1, 0.15) is 12.0 Å². The second kappa shape index (κ2) is 7.51. The van der Waals surface area contributed by atoms with Gasteiger partial charge in [-0.3, -0.25) is 19.2 Å². The molecular weight excluding hydrogens is 242 g/mol. The molecule has 0 aliphatic rings. The Kier molecular flexibility index (Phi) is 6.76. The fourth-order valence-corrected chi connectivity index (χ4v) is 1.37. The molecule has 1 unspecified atom stereocenters. The van der Waals surface area contributed by atoms with Crippen LogP contribution in [0.4, 0.5) is 0 Å². The van der Waals surface area contributed by atoms with Gasteiger partial charge in [0.05, 0.1) is 12.6 Å². The van der Waals surface area contributed by atoms with Crippen molar-refractivity contribution >= 4 is 23.9 Å². The Morgan fingerprint density at radius 1 is 1.39 bits per heavy atom. The SMILES string of the molecule is CC(=O)N[C@@H](CO)C(=O)C(C[C@H](N)[C]=O)C(N)=O. The summed E-state index contributed by atoms with van der Waals surface area (Å²) in [4.78, 5) is 44.0. The van der Waals surface area contributed by atoms with Crippen LogP contribution in [-0.2, 0) is 19.2 Å². The third-order valence-corrected chi connectivity index (χ3v) is 2.23. The Bertz CT molecular complexity index is 344. The van der Waals surface area contributed by atoms with E-state index in [1.54, 1.807) is 0 Å². The fraction of sp³-hybridized carbons (Fsp3) is 0.600. The lowest BCUT2D eigenvalue weighted by atomic mass is 9.91. The van der Waals surface area contributed by atoms with Gasteiger partial charge in [0.15, 0.2) is 5.78 Å². The number of nitrogens with one attached hydrogen (secondary N) is 1. The molecule has 0 aromatic rings. The van der Waals surface area contributed by atoms with Gasteiger partial charge in [0.2, 0.25) is 18.1 Å². The van der Waals surface area contributed by atoms with Crippen LogP contribution in [0.1, 0.15) is 13.3 Å². The molecule has 0 aliphatic heterocycles. The number of rotatable bonds is 8. The molecule has 0 aliphatic carbocycles. The normalized spacial score (nSPS) is 15.3. The number of aliphatic hydroxyl groups excluding tert-OH is 1. The van der Waals surface area contributed by atoms with E-state index in [0.29, 0.717) is 0 Å². The van der Waals surface area contributed by atoms with Gasteiger partial charge in [-0.1, -0.05) is 0 Å². The van der Waals surface area contributed by atoms with Gasteiger partial charge in [0, 0.05) is 6.92 Å². The summed E-state index contributed by atoms with van der Waals surface area (Å²) in [5, 5.41) is 11.1. The maximum Gasteiger partial charge on any atom is 0.228 e. The van der Waals surface area contributed by atoms with E-state index in [-0.39, 0.29) is 6.42 Å². The molecule has 0 saturated carbocycles. The Hall–Kier alpha value is -1.80. The fourth-order valence-electron chi connectivity index (χ4n) is 1.37.